The van der Waals surface area contributed by atoms with Crippen LogP contribution in [0.15, 0.2) is 171 Å². The Morgan fingerprint density at radius 1 is 0.670 bits per heavy atom. The molecule has 1 unspecified atom stereocenters. The molecule has 5 aromatic carbocycles. The maximum atomic E-state index is 14.6. The molecule has 0 aromatic heterocycles. The van der Waals surface area contributed by atoms with Gasteiger partial charge in [0.15, 0.2) is 0 Å². The summed E-state index contributed by atoms with van der Waals surface area (Å²) >= 11 is 2.46. The lowest BCUT2D eigenvalue weighted by atomic mass is 9.76. The molecule has 6 rings (SSSR count). The minimum Gasteiger partial charge on any atom is -0.491 e. The maximum absolute atomic E-state index is 14.6. The van der Waals surface area contributed by atoms with Crippen LogP contribution in [0.1, 0.15) is 93.2 Å². The van der Waals surface area contributed by atoms with E-state index in [0.29, 0.717) is 38.1 Å². The number of hydrogen-bond donors (Lipinski definition) is 7. The van der Waals surface area contributed by atoms with Crippen LogP contribution in [0, 0.1) is 17.3 Å². The Bertz CT molecular complexity index is 3580. The Labute approximate surface area is 575 Å². The zero-order valence-corrected chi connectivity index (χ0v) is 58.5. The van der Waals surface area contributed by atoms with Gasteiger partial charge in [-0.25, -0.2) is 19.3 Å². The lowest BCUT2D eigenvalue weighted by Gasteiger charge is -2.43. The summed E-state index contributed by atoms with van der Waals surface area (Å²) in [5, 5.41) is 23.0. The van der Waals surface area contributed by atoms with E-state index in [0.717, 1.165) is 19.6 Å². The number of nitrogens with two attached hydrogens (primary N) is 1. The predicted octanol–water partition coefficient (Wildman–Crippen LogP) is 9.42. The monoisotopic (exact) mass is 1370 g/mol. The van der Waals surface area contributed by atoms with Crippen LogP contribution in [0.4, 0.5) is 21.0 Å². The number of carbonyl (C=O) groups excluding carboxylic acids is 9. The number of imide groups is 2. The highest BCUT2D eigenvalue weighted by Crippen LogP contribution is 2.44. The number of benzene rings is 5. The molecule has 0 saturated heterocycles. The molecule has 25 heteroatoms. The molecule has 5 atom stereocenters. The minimum absolute atomic E-state index is 0.0216. The number of likely N-dealkylation sites (N-methyl/N-ethyl adjacent to an activating group) is 2. The molecule has 518 valence electrons. The van der Waals surface area contributed by atoms with Crippen LogP contribution < -0.4 is 42.0 Å². The first-order valence-electron chi connectivity index (χ1n) is 31.7. The van der Waals surface area contributed by atoms with Gasteiger partial charge in [-0.2, -0.15) is 0 Å². The number of aliphatic carboxylic acids is 1. The summed E-state index contributed by atoms with van der Waals surface area (Å²) in [5.74, 6) is -5.46. The Hall–Kier alpha value is -9.30. The van der Waals surface area contributed by atoms with E-state index in [9.17, 15) is 53.1 Å². The van der Waals surface area contributed by atoms with Crippen molar-refractivity contribution in [1.29, 1.82) is 0 Å². The van der Waals surface area contributed by atoms with Gasteiger partial charge in [-0.1, -0.05) is 171 Å². The van der Waals surface area contributed by atoms with Crippen LogP contribution in [0.2, 0.25) is 0 Å². The van der Waals surface area contributed by atoms with E-state index in [1.807, 2.05) is 113 Å². The van der Waals surface area contributed by atoms with Crippen molar-refractivity contribution in [1.82, 2.24) is 31.1 Å². The third kappa shape index (κ3) is 21.9. The molecule has 0 spiro atoms. The molecule has 8 N–H and O–H groups in total. The lowest BCUT2D eigenvalue weighted by Crippen LogP contribution is -2.62. The van der Waals surface area contributed by atoms with Gasteiger partial charge < -0.3 is 46.3 Å². The number of primary amides is 1. The zero-order valence-electron chi connectivity index (χ0n) is 56.8. The van der Waals surface area contributed by atoms with E-state index < -0.39 is 113 Å². The van der Waals surface area contributed by atoms with Crippen molar-refractivity contribution in [3.63, 3.8) is 0 Å². The molecular weight excluding hydrogens is 1280 g/mol. The van der Waals surface area contributed by atoms with Crippen LogP contribution in [-0.4, -0.2) is 145 Å². The Kier molecular flexibility index (Phi) is 28.2. The molecule has 0 saturated carbocycles. The molecule has 10 amide bonds. The van der Waals surface area contributed by atoms with Gasteiger partial charge in [0.2, 0.25) is 29.5 Å². The number of hydrogen-bond acceptors (Lipinski definition) is 16. The van der Waals surface area contributed by atoms with E-state index in [-0.39, 0.29) is 50.7 Å². The number of nitrogens with zero attached hydrogens (tertiary/aromatic N) is 3. The van der Waals surface area contributed by atoms with Crippen LogP contribution in [0.25, 0.3) is 0 Å². The molecule has 5 aromatic rings. The number of urea groups is 1. The molecule has 1 heterocycles. The molecule has 1 aliphatic heterocycles. The predicted molar refractivity (Wildman–Crippen MR) is 373 cm³/mol. The van der Waals surface area contributed by atoms with E-state index in [2.05, 4.69) is 26.6 Å². The van der Waals surface area contributed by atoms with Gasteiger partial charge in [0.1, 0.15) is 43.7 Å². The van der Waals surface area contributed by atoms with Gasteiger partial charge in [-0.15, -0.1) is 0 Å². The first kappa shape index (κ1) is 76.7. The molecule has 0 bridgehead atoms. The molecule has 23 nitrogen and oxygen atoms in total. The average molecular weight is 1370 g/mol. The van der Waals surface area contributed by atoms with Crippen molar-refractivity contribution in [2.45, 2.75) is 134 Å². The molecule has 97 heavy (non-hydrogen) atoms. The highest BCUT2D eigenvalue weighted by Gasteiger charge is 2.46. The number of carboxylic acids is 1. The number of thioether (sulfide) groups is 2. The minimum atomic E-state index is -1.30. The summed E-state index contributed by atoms with van der Waals surface area (Å²) in [5.41, 5.74) is 5.38. The number of rotatable bonds is 33. The second-order valence-electron chi connectivity index (χ2n) is 25.6. The highest BCUT2D eigenvalue weighted by atomic mass is 32.2. The number of nitrogens with one attached hydrogen (secondary N) is 5. The summed E-state index contributed by atoms with van der Waals surface area (Å²) in [6.45, 7) is 17.2. The molecule has 0 radical (unpaired) electrons. The van der Waals surface area contributed by atoms with Crippen molar-refractivity contribution < 1.29 is 67.3 Å². The van der Waals surface area contributed by atoms with Crippen LogP contribution in [0.5, 0.6) is 5.75 Å². The third-order valence-electron chi connectivity index (χ3n) is 16.0. The second kappa shape index (κ2) is 35.6. The summed E-state index contributed by atoms with van der Waals surface area (Å²) < 4.78 is 17.2. The first-order chi connectivity index (χ1) is 45.9. The van der Waals surface area contributed by atoms with Crippen molar-refractivity contribution >= 4 is 94.3 Å². The fraction of sp³-hybridized carbons (Fsp3) is 0.389. The van der Waals surface area contributed by atoms with Gasteiger partial charge in [-0.3, -0.25) is 48.7 Å². The third-order valence-corrected chi connectivity index (χ3v) is 18.3. The number of carboxylic acid groups (broad SMARTS) is 1. The van der Waals surface area contributed by atoms with E-state index in [1.54, 1.807) is 106 Å². The molecular formula is C72H89N9O14S2. The van der Waals surface area contributed by atoms with Crippen molar-refractivity contribution in [2.24, 2.45) is 23.0 Å². The fourth-order valence-corrected chi connectivity index (χ4v) is 13.0. The van der Waals surface area contributed by atoms with E-state index in [1.165, 1.54) is 37.5 Å². The van der Waals surface area contributed by atoms with Crippen molar-refractivity contribution in [3.05, 3.63) is 172 Å². The van der Waals surface area contributed by atoms with Gasteiger partial charge >= 0.3 is 18.1 Å². The average Bonchev–Trinajstić information content (AvgIpc) is 1.71. The normalized spacial score (nSPS) is 14.3. The lowest BCUT2D eigenvalue weighted by molar-refractivity contribution is -0.140. The van der Waals surface area contributed by atoms with Gasteiger partial charge in [0.25, 0.3) is 11.8 Å². The topological polar surface area (TPSA) is 315 Å². The number of carbonyl (C=O) groups is 10. The molecule has 0 aliphatic carbocycles. The quantitative estimate of drug-likeness (QED) is 0.0117. The van der Waals surface area contributed by atoms with Crippen molar-refractivity contribution in [3.8, 4) is 5.75 Å². The Morgan fingerprint density at radius 3 is 1.73 bits per heavy atom. The summed E-state index contributed by atoms with van der Waals surface area (Å²) in [7, 11) is 3.12. The summed E-state index contributed by atoms with van der Waals surface area (Å²) in [4.78, 5) is 142. The second-order valence-corrected chi connectivity index (χ2v) is 27.8. The first-order valence-corrected chi connectivity index (χ1v) is 33.4. The van der Waals surface area contributed by atoms with Gasteiger partial charge in [0.05, 0.1) is 28.1 Å². The maximum Gasteiger partial charge on any atom is 0.410 e. The Morgan fingerprint density at radius 2 is 1.22 bits per heavy atom. The summed E-state index contributed by atoms with van der Waals surface area (Å²) in [6.07, 6.45) is 0.980. The number of ether oxygens (including phenoxy) is 3. The van der Waals surface area contributed by atoms with Gasteiger partial charge in [0, 0.05) is 46.1 Å². The highest BCUT2D eigenvalue weighted by molar-refractivity contribution is 8.08. The summed E-state index contributed by atoms with van der Waals surface area (Å²) in [6, 6.07) is 34.7. The molecule has 0 fully saturated rings. The van der Waals surface area contributed by atoms with E-state index >= 15 is 0 Å². The standard InChI is InChI=1S/C72H89N9O14S2/c1-44(2)55(41-46(5)68(89)90)79(11)60(71(6,7)8)64(85)78-65(86)61(72(9,10)48-23-16-13-17-24-48)80(12)70(92)95-42-47-30-32-49(33-31-47)75-62(83)54(29-22-38-74-69(73)91)76-63(84)57(45(3)4)77-56(82)43-93-39-40-94-51-36-34-50(35-37-51)81-66(87)58(96-52-25-18-14-19-26-52)59(67(81)88)97-53-27-20-15-21-28-53/h13-21,23-28,30-37,41,44-45,54-55,57,60-61H,22,29,38-40,42-43H2,1-12H3,(H,75,83)(H,76,84)(H,77,82)(H,89,90)(H3,73,74,91)(H,78,85,86)/b46-41+/t54-,55+,57?,60+,61+/m0/s1. The van der Waals surface area contributed by atoms with Crippen LogP contribution >= 0.6 is 23.5 Å². The molecule has 1 aliphatic rings. The largest absolute Gasteiger partial charge is 0.491 e. The zero-order chi connectivity index (χ0) is 71.3. The number of anilines is 2. The SMILES string of the molecule is C/C(=C\[C@H](C(C)C)N(C)[C@H](C(=O)NC(=O)[C@@H](N(C)C(=O)OCc1ccc(NC(=O)[C@H](CCCNC(N)=O)NC(=O)C(NC(=O)COCCOc2ccc(N3C(=O)C(Sc4ccccc4)=C(Sc4ccccc4)C3=O)cc2)C(C)C)cc1)C(C)(C)c1ccccc1)C(C)(C)C)C(=O)O. The van der Waals surface area contributed by atoms with Gasteiger partial charge in [-0.05, 0) is 116 Å². The fourth-order valence-electron chi connectivity index (χ4n) is 11.0. The smallest absolute Gasteiger partial charge is 0.410 e. The van der Waals surface area contributed by atoms with E-state index in [4.69, 9.17) is 19.9 Å². The van der Waals surface area contributed by atoms with Crippen molar-refractivity contribution in [2.75, 3.05) is 50.7 Å². The van der Waals surface area contributed by atoms with Crippen LogP contribution in [0.3, 0.4) is 0 Å². The van der Waals surface area contributed by atoms with Crippen LogP contribution in [-0.2, 0) is 59.9 Å². The Balaban J connectivity index is 1.03. The number of amides is 10.